The first kappa shape index (κ1) is 19.3. The van der Waals surface area contributed by atoms with Gasteiger partial charge in [-0.1, -0.05) is 19.1 Å². The van der Waals surface area contributed by atoms with E-state index in [0.29, 0.717) is 0 Å². The van der Waals surface area contributed by atoms with Crippen LogP contribution in [-0.4, -0.2) is 37.2 Å². The molecular weight excluding hydrogens is 296 g/mol. The van der Waals surface area contributed by atoms with E-state index in [1.807, 2.05) is 6.07 Å². The van der Waals surface area contributed by atoms with Crippen LogP contribution in [-0.2, 0) is 6.54 Å². The molecule has 1 aromatic carbocycles. The van der Waals surface area contributed by atoms with Gasteiger partial charge < -0.3 is 10.1 Å². The first-order valence-electron chi connectivity index (χ1n) is 8.36. The Labute approximate surface area is 141 Å². The Morgan fingerprint density at radius 2 is 2.00 bits per heavy atom. The predicted octanol–water partition coefficient (Wildman–Crippen LogP) is 3.72. The van der Waals surface area contributed by atoms with E-state index in [4.69, 9.17) is 4.74 Å². The molecule has 22 heavy (non-hydrogen) atoms. The predicted molar refractivity (Wildman–Crippen MR) is 96.0 cm³/mol. The summed E-state index contributed by atoms with van der Waals surface area (Å²) in [7, 11) is 0. The minimum atomic E-state index is 0. The largest absolute Gasteiger partial charge is 0.491 e. The van der Waals surface area contributed by atoms with Crippen LogP contribution < -0.4 is 10.1 Å². The monoisotopic (exact) mass is 326 g/mol. The van der Waals surface area contributed by atoms with Crippen LogP contribution in [0.3, 0.4) is 0 Å². The zero-order valence-electron chi connectivity index (χ0n) is 14.2. The fraction of sp³-hybridized carbons (Fsp3) is 0.667. The van der Waals surface area contributed by atoms with Crippen LogP contribution in [0.25, 0.3) is 0 Å². The minimum absolute atomic E-state index is 0. The maximum Gasteiger partial charge on any atom is 0.120 e. The van der Waals surface area contributed by atoms with Crippen molar-refractivity contribution in [1.29, 1.82) is 0 Å². The molecule has 1 aliphatic heterocycles. The van der Waals surface area contributed by atoms with E-state index in [1.165, 1.54) is 38.0 Å². The second kappa shape index (κ2) is 10.1. The fourth-order valence-electron chi connectivity index (χ4n) is 2.94. The third kappa shape index (κ3) is 6.55. The Balaban J connectivity index is 0.00000242. The summed E-state index contributed by atoms with van der Waals surface area (Å²) in [5.41, 5.74) is 1.36. The summed E-state index contributed by atoms with van der Waals surface area (Å²) in [4.78, 5) is 2.57. The van der Waals surface area contributed by atoms with Crippen LogP contribution in [0.1, 0.15) is 39.2 Å². The normalized spacial score (nSPS) is 16.5. The van der Waals surface area contributed by atoms with E-state index in [1.54, 1.807) is 0 Å². The summed E-state index contributed by atoms with van der Waals surface area (Å²) in [6, 6.07) is 8.54. The van der Waals surface area contributed by atoms with Crippen molar-refractivity contribution in [2.75, 3.05) is 26.2 Å². The zero-order chi connectivity index (χ0) is 15.1. The number of benzene rings is 1. The lowest BCUT2D eigenvalue weighted by molar-refractivity contribution is 0.175. The van der Waals surface area contributed by atoms with Crippen molar-refractivity contribution in [1.82, 2.24) is 10.2 Å². The number of halogens is 1. The second-order valence-corrected chi connectivity index (χ2v) is 6.34. The van der Waals surface area contributed by atoms with E-state index in [2.05, 4.69) is 49.2 Å². The highest BCUT2D eigenvalue weighted by Crippen LogP contribution is 2.20. The number of ether oxygens (including phenoxy) is 1. The zero-order valence-corrected chi connectivity index (χ0v) is 15.0. The van der Waals surface area contributed by atoms with E-state index in [9.17, 15) is 0 Å². The molecule has 1 aromatic rings. The van der Waals surface area contributed by atoms with Crippen molar-refractivity contribution in [2.45, 2.75) is 46.3 Å². The topological polar surface area (TPSA) is 24.5 Å². The van der Waals surface area contributed by atoms with E-state index < -0.39 is 0 Å². The standard InChI is InChI=1S/C18H30N2O.ClH/c1-4-19-13-16-8-10-20(11-9-16)14-17-6-5-7-18(12-17)21-15(2)3;/h5-7,12,15-16,19H,4,8-11,13-14H2,1-3H3;1H. The average molecular weight is 327 g/mol. The molecule has 1 N–H and O–H groups in total. The molecule has 2 rings (SSSR count). The summed E-state index contributed by atoms with van der Waals surface area (Å²) >= 11 is 0. The van der Waals surface area contributed by atoms with Crippen molar-refractivity contribution < 1.29 is 4.74 Å². The van der Waals surface area contributed by atoms with Crippen molar-refractivity contribution in [3.05, 3.63) is 29.8 Å². The van der Waals surface area contributed by atoms with Gasteiger partial charge in [-0.25, -0.2) is 0 Å². The summed E-state index contributed by atoms with van der Waals surface area (Å²) in [6.07, 6.45) is 2.87. The molecule has 1 fully saturated rings. The number of hydrogen-bond acceptors (Lipinski definition) is 3. The Morgan fingerprint density at radius 1 is 1.27 bits per heavy atom. The Kier molecular flexibility index (Phi) is 8.84. The fourth-order valence-corrected chi connectivity index (χ4v) is 2.94. The van der Waals surface area contributed by atoms with Crippen LogP contribution >= 0.6 is 12.4 Å². The molecule has 0 aromatic heterocycles. The van der Waals surface area contributed by atoms with Gasteiger partial charge >= 0.3 is 0 Å². The van der Waals surface area contributed by atoms with Gasteiger partial charge in [-0.3, -0.25) is 4.90 Å². The lowest BCUT2D eigenvalue weighted by atomic mass is 9.96. The smallest absolute Gasteiger partial charge is 0.120 e. The minimum Gasteiger partial charge on any atom is -0.491 e. The maximum absolute atomic E-state index is 5.78. The Hall–Kier alpha value is -0.770. The molecule has 1 saturated heterocycles. The van der Waals surface area contributed by atoms with Gasteiger partial charge in [-0.2, -0.15) is 0 Å². The van der Waals surface area contributed by atoms with Crippen molar-refractivity contribution in [3.8, 4) is 5.75 Å². The molecule has 0 amide bonds. The molecular formula is C18H31ClN2O. The van der Waals surface area contributed by atoms with Crippen LogP contribution in [0.2, 0.25) is 0 Å². The lowest BCUT2D eigenvalue weighted by Gasteiger charge is -2.32. The van der Waals surface area contributed by atoms with Gasteiger partial charge in [-0.05, 0) is 76.5 Å². The molecule has 0 radical (unpaired) electrons. The SMILES string of the molecule is CCNCC1CCN(Cc2cccc(OC(C)C)c2)CC1.Cl. The van der Waals surface area contributed by atoms with Gasteiger partial charge in [0, 0.05) is 6.54 Å². The molecule has 0 unspecified atom stereocenters. The van der Waals surface area contributed by atoms with E-state index in [0.717, 1.165) is 24.8 Å². The number of rotatable bonds is 7. The molecule has 3 nitrogen and oxygen atoms in total. The molecule has 0 saturated carbocycles. The van der Waals surface area contributed by atoms with Crippen LogP contribution in [0, 0.1) is 5.92 Å². The molecule has 0 aliphatic carbocycles. The summed E-state index contributed by atoms with van der Waals surface area (Å²) < 4.78 is 5.78. The van der Waals surface area contributed by atoms with Gasteiger partial charge in [0.15, 0.2) is 0 Å². The number of nitrogens with zero attached hydrogens (tertiary/aromatic N) is 1. The van der Waals surface area contributed by atoms with E-state index >= 15 is 0 Å². The van der Waals surface area contributed by atoms with Crippen molar-refractivity contribution in [2.24, 2.45) is 5.92 Å². The molecule has 4 heteroatoms. The molecule has 0 spiro atoms. The molecule has 0 atom stereocenters. The second-order valence-electron chi connectivity index (χ2n) is 6.34. The third-order valence-corrected chi connectivity index (χ3v) is 4.07. The quantitative estimate of drug-likeness (QED) is 0.826. The summed E-state index contributed by atoms with van der Waals surface area (Å²) in [5, 5.41) is 3.47. The first-order valence-corrected chi connectivity index (χ1v) is 8.36. The van der Waals surface area contributed by atoms with Crippen LogP contribution in [0.4, 0.5) is 0 Å². The Morgan fingerprint density at radius 3 is 2.64 bits per heavy atom. The van der Waals surface area contributed by atoms with Gasteiger partial charge in [0.1, 0.15) is 5.75 Å². The first-order chi connectivity index (χ1) is 10.2. The Bertz CT molecular complexity index is 417. The van der Waals surface area contributed by atoms with Crippen molar-refractivity contribution >= 4 is 12.4 Å². The van der Waals surface area contributed by atoms with Gasteiger partial charge in [0.2, 0.25) is 0 Å². The summed E-state index contributed by atoms with van der Waals surface area (Å²) in [5.74, 6) is 1.85. The molecule has 126 valence electrons. The molecule has 1 aliphatic rings. The summed E-state index contributed by atoms with van der Waals surface area (Å²) in [6.45, 7) is 12.1. The number of hydrogen-bond donors (Lipinski definition) is 1. The number of piperidine rings is 1. The average Bonchev–Trinajstić information content (AvgIpc) is 2.46. The highest BCUT2D eigenvalue weighted by molar-refractivity contribution is 5.85. The highest BCUT2D eigenvalue weighted by Gasteiger charge is 2.18. The lowest BCUT2D eigenvalue weighted by Crippen LogP contribution is -2.36. The van der Waals surface area contributed by atoms with Crippen LogP contribution in [0.15, 0.2) is 24.3 Å². The molecule has 0 bridgehead atoms. The van der Waals surface area contributed by atoms with Gasteiger partial charge in [0.25, 0.3) is 0 Å². The van der Waals surface area contributed by atoms with Crippen LogP contribution in [0.5, 0.6) is 5.75 Å². The third-order valence-electron chi connectivity index (χ3n) is 4.07. The maximum atomic E-state index is 5.78. The molecule has 1 heterocycles. The van der Waals surface area contributed by atoms with E-state index in [-0.39, 0.29) is 18.5 Å². The highest BCUT2D eigenvalue weighted by atomic mass is 35.5. The van der Waals surface area contributed by atoms with Crippen molar-refractivity contribution in [3.63, 3.8) is 0 Å². The number of likely N-dealkylation sites (tertiary alicyclic amines) is 1. The van der Waals surface area contributed by atoms with Gasteiger partial charge in [-0.15, -0.1) is 12.4 Å². The number of nitrogens with one attached hydrogen (secondary N) is 1. The van der Waals surface area contributed by atoms with Gasteiger partial charge in [0.05, 0.1) is 6.10 Å².